The molecule has 2 aromatic carbocycles. The Kier molecular flexibility index (Phi) is 5.30. The van der Waals surface area contributed by atoms with Crippen LogP contribution in [0.4, 0.5) is 0 Å². The van der Waals surface area contributed by atoms with E-state index < -0.39 is 24.3 Å². The smallest absolute Gasteiger partial charge is 0.273 e. The second-order valence-electron chi connectivity index (χ2n) is 8.65. The van der Waals surface area contributed by atoms with Crippen molar-refractivity contribution < 1.29 is 19.2 Å². The zero-order chi connectivity index (χ0) is 22.6. The van der Waals surface area contributed by atoms with Crippen LogP contribution in [0.2, 0.25) is 10.0 Å². The minimum absolute atomic E-state index is 0.140. The van der Waals surface area contributed by atoms with Gasteiger partial charge in [-0.1, -0.05) is 53.5 Å². The van der Waals surface area contributed by atoms with E-state index in [0.29, 0.717) is 5.56 Å². The van der Waals surface area contributed by atoms with Crippen LogP contribution in [0.3, 0.4) is 0 Å². The number of benzene rings is 2. The lowest BCUT2D eigenvalue weighted by Crippen LogP contribution is -2.52. The van der Waals surface area contributed by atoms with Crippen molar-refractivity contribution in [3.8, 4) is 0 Å². The van der Waals surface area contributed by atoms with Gasteiger partial charge in [-0.3, -0.25) is 19.2 Å². The number of nitrogens with zero attached hydrogens (tertiary/aromatic N) is 2. The quantitative estimate of drug-likeness (QED) is 0.483. The first-order chi connectivity index (χ1) is 15.4. The van der Waals surface area contributed by atoms with Crippen LogP contribution in [0.1, 0.15) is 40.0 Å². The summed E-state index contributed by atoms with van der Waals surface area (Å²) in [7, 11) is 0. The number of amides is 3. The number of halogens is 2. The molecule has 5 rings (SSSR count). The molecule has 2 bridgehead atoms. The predicted molar refractivity (Wildman–Crippen MR) is 118 cm³/mol. The van der Waals surface area contributed by atoms with Crippen molar-refractivity contribution in [1.29, 1.82) is 0 Å². The maximum absolute atomic E-state index is 13.5. The number of fused-ring (bicyclic) bond motifs is 5. The van der Waals surface area contributed by atoms with Gasteiger partial charge in [0.25, 0.3) is 17.7 Å². The number of rotatable bonds is 5. The summed E-state index contributed by atoms with van der Waals surface area (Å²) in [5, 5.41) is 2.35. The summed E-state index contributed by atoms with van der Waals surface area (Å²) in [5.41, 5.74) is 0.527. The molecule has 1 aliphatic heterocycles. The summed E-state index contributed by atoms with van der Waals surface area (Å²) in [6.07, 6.45) is 2.72. The number of ketones is 1. The molecule has 3 aliphatic rings. The van der Waals surface area contributed by atoms with Gasteiger partial charge < -0.3 is 0 Å². The fourth-order valence-corrected chi connectivity index (χ4v) is 5.79. The predicted octanol–water partition coefficient (Wildman–Crippen LogP) is 4.26. The van der Waals surface area contributed by atoms with Crippen molar-refractivity contribution in [3.05, 3.63) is 69.7 Å². The van der Waals surface area contributed by atoms with E-state index >= 15 is 0 Å². The zero-order valence-corrected chi connectivity index (χ0v) is 18.6. The first-order valence-electron chi connectivity index (χ1n) is 10.6. The molecule has 3 fully saturated rings. The van der Waals surface area contributed by atoms with Gasteiger partial charge in [-0.25, -0.2) is 5.01 Å². The maximum atomic E-state index is 13.5. The van der Waals surface area contributed by atoms with Crippen LogP contribution < -0.4 is 0 Å². The van der Waals surface area contributed by atoms with Crippen molar-refractivity contribution >= 4 is 46.7 Å². The Hall–Kier alpha value is -2.70. The minimum Gasteiger partial charge on any atom is -0.292 e. The Bertz CT molecular complexity index is 1110. The van der Waals surface area contributed by atoms with Crippen LogP contribution in [0, 0.1) is 23.7 Å². The summed E-state index contributed by atoms with van der Waals surface area (Å²) in [6, 6.07) is 12.8. The normalized spacial score (nSPS) is 25.9. The Morgan fingerprint density at radius 2 is 1.50 bits per heavy atom. The maximum Gasteiger partial charge on any atom is 0.273 e. The van der Waals surface area contributed by atoms with E-state index in [4.69, 9.17) is 23.2 Å². The SMILES string of the molecule is O=C(CN(C(=O)c1ccc(Cl)c(Cl)c1)N1C(=O)[C@@H]2[C@H]3CC[C@@H](C3)[C@H]2C1=O)c1ccccc1. The van der Waals surface area contributed by atoms with Gasteiger partial charge in [-0.05, 0) is 49.3 Å². The van der Waals surface area contributed by atoms with Gasteiger partial charge in [0.05, 0.1) is 21.9 Å². The average molecular weight is 471 g/mol. The van der Waals surface area contributed by atoms with Gasteiger partial charge in [0.2, 0.25) is 0 Å². The van der Waals surface area contributed by atoms with Crippen LogP contribution in [0.5, 0.6) is 0 Å². The monoisotopic (exact) mass is 470 g/mol. The van der Waals surface area contributed by atoms with E-state index in [1.165, 1.54) is 18.2 Å². The topological polar surface area (TPSA) is 74.8 Å². The third-order valence-corrected chi connectivity index (χ3v) is 7.67. The highest BCUT2D eigenvalue weighted by Gasteiger charge is 2.62. The highest BCUT2D eigenvalue weighted by Crippen LogP contribution is 2.56. The molecular formula is C24H20Cl2N2O4. The second-order valence-corrected chi connectivity index (χ2v) is 9.47. The van der Waals surface area contributed by atoms with E-state index in [0.717, 1.165) is 29.3 Å². The minimum atomic E-state index is -0.651. The third-order valence-electron chi connectivity index (χ3n) is 6.94. The first-order valence-corrected chi connectivity index (χ1v) is 11.4. The number of hydrogen-bond donors (Lipinski definition) is 0. The molecule has 0 spiro atoms. The Balaban J connectivity index is 1.51. The molecule has 0 unspecified atom stereocenters. The van der Waals surface area contributed by atoms with Gasteiger partial charge >= 0.3 is 0 Å². The molecule has 164 valence electrons. The molecule has 1 heterocycles. The lowest BCUT2D eigenvalue weighted by molar-refractivity contribution is -0.154. The van der Waals surface area contributed by atoms with Crippen molar-refractivity contribution in [3.63, 3.8) is 0 Å². The number of Topliss-reactive ketones (excluding diaryl/α,β-unsaturated/α-hetero) is 1. The molecular weight excluding hydrogens is 451 g/mol. The van der Waals surface area contributed by atoms with Crippen molar-refractivity contribution in [2.75, 3.05) is 6.54 Å². The average Bonchev–Trinajstić information content (AvgIpc) is 3.48. The summed E-state index contributed by atoms with van der Waals surface area (Å²) in [5.74, 6) is -2.28. The van der Waals surface area contributed by atoms with Gasteiger partial charge in [-0.2, -0.15) is 5.01 Å². The molecule has 3 amide bonds. The molecule has 2 aliphatic carbocycles. The molecule has 0 N–H and O–H groups in total. The van der Waals surface area contributed by atoms with E-state index in [9.17, 15) is 19.2 Å². The standard InChI is InChI=1S/C24H20Cl2N2O4/c25-17-9-8-16(11-18(17)26)22(30)27(12-19(29)13-4-2-1-3-5-13)28-23(31)20-14-6-7-15(10-14)21(20)24(28)32/h1-5,8-9,11,14-15,20-21H,6-7,10,12H2/t14-,15-,20+,21+/m0/s1. The Morgan fingerprint density at radius 1 is 0.875 bits per heavy atom. The summed E-state index contributed by atoms with van der Waals surface area (Å²) in [6.45, 7) is -0.435. The lowest BCUT2D eigenvalue weighted by atomic mass is 9.81. The molecule has 0 aromatic heterocycles. The van der Waals surface area contributed by atoms with Crippen molar-refractivity contribution in [2.45, 2.75) is 19.3 Å². The molecule has 2 saturated carbocycles. The number of carbonyl (C=O) groups is 4. The van der Waals surface area contributed by atoms with Crippen LogP contribution in [-0.4, -0.2) is 40.1 Å². The molecule has 8 heteroatoms. The van der Waals surface area contributed by atoms with E-state index in [1.54, 1.807) is 30.3 Å². The highest BCUT2D eigenvalue weighted by atomic mass is 35.5. The summed E-state index contributed by atoms with van der Waals surface area (Å²) in [4.78, 5) is 53.2. The second kappa shape index (κ2) is 8.01. The van der Waals surface area contributed by atoms with E-state index in [1.807, 2.05) is 0 Å². The van der Waals surface area contributed by atoms with Crippen molar-refractivity contribution in [1.82, 2.24) is 10.0 Å². The molecule has 4 atom stereocenters. The first kappa shape index (κ1) is 21.2. The van der Waals surface area contributed by atoms with Crippen molar-refractivity contribution in [2.24, 2.45) is 23.7 Å². The number of hydrazine groups is 1. The van der Waals surface area contributed by atoms with Gasteiger partial charge in [0, 0.05) is 11.1 Å². The highest BCUT2D eigenvalue weighted by molar-refractivity contribution is 6.42. The van der Waals surface area contributed by atoms with E-state index in [2.05, 4.69) is 0 Å². The summed E-state index contributed by atoms with van der Waals surface area (Å²) >= 11 is 12.1. The number of carbonyl (C=O) groups excluding carboxylic acids is 4. The largest absolute Gasteiger partial charge is 0.292 e. The van der Waals surface area contributed by atoms with Crippen LogP contribution in [-0.2, 0) is 9.59 Å². The van der Waals surface area contributed by atoms with Crippen LogP contribution >= 0.6 is 23.2 Å². The van der Waals surface area contributed by atoms with Gasteiger partial charge in [-0.15, -0.1) is 0 Å². The Morgan fingerprint density at radius 3 is 2.09 bits per heavy atom. The fourth-order valence-electron chi connectivity index (χ4n) is 5.49. The van der Waals surface area contributed by atoms with Gasteiger partial charge in [0.15, 0.2) is 5.78 Å². The van der Waals surface area contributed by atoms with E-state index in [-0.39, 0.29) is 45.0 Å². The molecule has 32 heavy (non-hydrogen) atoms. The number of imide groups is 1. The third kappa shape index (κ3) is 3.33. The molecule has 6 nitrogen and oxygen atoms in total. The van der Waals surface area contributed by atoms with Crippen LogP contribution in [0.15, 0.2) is 48.5 Å². The zero-order valence-electron chi connectivity index (χ0n) is 17.0. The Labute approximate surface area is 195 Å². The molecule has 2 aromatic rings. The molecule has 0 radical (unpaired) electrons. The molecule has 1 saturated heterocycles. The lowest BCUT2D eigenvalue weighted by Gasteiger charge is -2.31. The van der Waals surface area contributed by atoms with Crippen LogP contribution in [0.25, 0.3) is 0 Å². The summed E-state index contributed by atoms with van der Waals surface area (Å²) < 4.78 is 0. The number of hydrogen-bond acceptors (Lipinski definition) is 4. The van der Waals surface area contributed by atoms with Gasteiger partial charge in [0.1, 0.15) is 6.54 Å². The fraction of sp³-hybridized carbons (Fsp3) is 0.333.